The molecule has 36 heavy (non-hydrogen) atoms. The highest BCUT2D eigenvalue weighted by Gasteiger charge is 2.37. The van der Waals surface area contributed by atoms with Crippen LogP contribution in [0.5, 0.6) is 5.75 Å². The van der Waals surface area contributed by atoms with Crippen LogP contribution in [0, 0.1) is 0 Å². The lowest BCUT2D eigenvalue weighted by Crippen LogP contribution is -2.34. The summed E-state index contributed by atoms with van der Waals surface area (Å²) in [7, 11) is 0. The third-order valence-electron chi connectivity index (χ3n) is 5.84. The molecule has 0 aliphatic heterocycles. The predicted octanol–water partition coefficient (Wildman–Crippen LogP) is 5.69. The monoisotopic (exact) mass is 483 g/mol. The fourth-order valence-corrected chi connectivity index (χ4v) is 4.13. The zero-order valence-electron chi connectivity index (χ0n) is 20.4. The van der Waals surface area contributed by atoms with Crippen molar-refractivity contribution in [2.24, 2.45) is 0 Å². The van der Waals surface area contributed by atoms with E-state index in [0.29, 0.717) is 45.3 Å². The molecule has 5 heteroatoms. The first-order valence-electron chi connectivity index (χ1n) is 12.2. The Balaban J connectivity index is 1.29. The molecule has 0 saturated heterocycles. The largest absolute Gasteiger partial charge is 0.491 e. The van der Waals surface area contributed by atoms with Gasteiger partial charge in [0, 0.05) is 5.69 Å². The Morgan fingerprint density at radius 2 is 0.889 bits per heavy atom. The average Bonchev–Trinajstić information content (AvgIpc) is 2.94. The van der Waals surface area contributed by atoms with Crippen LogP contribution in [0.2, 0.25) is 0 Å². The highest BCUT2D eigenvalue weighted by molar-refractivity contribution is 5.47. The lowest BCUT2D eigenvalue weighted by molar-refractivity contribution is -0.0345. The molecule has 0 spiro atoms. The number of hydrogen-bond donors (Lipinski definition) is 1. The Morgan fingerprint density at radius 3 is 1.36 bits per heavy atom. The van der Waals surface area contributed by atoms with Crippen molar-refractivity contribution in [3.63, 3.8) is 0 Å². The third-order valence-corrected chi connectivity index (χ3v) is 5.84. The van der Waals surface area contributed by atoms with E-state index in [2.05, 4.69) is 36.4 Å². The smallest absolute Gasteiger partial charge is 0.143 e. The van der Waals surface area contributed by atoms with Crippen molar-refractivity contribution >= 4 is 5.69 Å². The van der Waals surface area contributed by atoms with Gasteiger partial charge in [-0.1, -0.05) is 91.0 Å². The Morgan fingerprint density at radius 1 is 0.472 bits per heavy atom. The van der Waals surface area contributed by atoms with Gasteiger partial charge in [0.2, 0.25) is 0 Å². The van der Waals surface area contributed by atoms with Crippen molar-refractivity contribution < 1.29 is 18.9 Å². The maximum Gasteiger partial charge on any atom is 0.143 e. The number of rotatable bonds is 14. The average molecular weight is 484 g/mol. The summed E-state index contributed by atoms with van der Waals surface area (Å²) in [6.45, 7) is 2.83. The summed E-state index contributed by atoms with van der Waals surface area (Å²) in [6, 6.07) is 38.3. The van der Waals surface area contributed by atoms with Crippen molar-refractivity contribution in [2.75, 3.05) is 45.4 Å². The van der Waals surface area contributed by atoms with Crippen LogP contribution in [0.3, 0.4) is 0 Å². The molecule has 5 nitrogen and oxygen atoms in total. The maximum absolute atomic E-state index is 6.70. The second kappa shape index (κ2) is 13.4. The van der Waals surface area contributed by atoms with Crippen LogP contribution >= 0.6 is 0 Å². The highest BCUT2D eigenvalue weighted by Crippen LogP contribution is 2.40. The molecule has 0 unspecified atom stereocenters. The van der Waals surface area contributed by atoms with Gasteiger partial charge in [-0.2, -0.15) is 0 Å². The van der Waals surface area contributed by atoms with Gasteiger partial charge in [0.15, 0.2) is 0 Å². The molecule has 0 aliphatic rings. The highest BCUT2D eigenvalue weighted by atomic mass is 16.6. The van der Waals surface area contributed by atoms with Gasteiger partial charge in [0.1, 0.15) is 18.0 Å². The van der Waals surface area contributed by atoms with E-state index in [4.69, 9.17) is 24.7 Å². The normalized spacial score (nSPS) is 11.3. The molecule has 0 radical (unpaired) electrons. The van der Waals surface area contributed by atoms with Crippen LogP contribution in [0.4, 0.5) is 5.69 Å². The van der Waals surface area contributed by atoms with Gasteiger partial charge < -0.3 is 24.7 Å². The molecule has 0 bridgehead atoms. The summed E-state index contributed by atoms with van der Waals surface area (Å²) < 4.78 is 23.8. The van der Waals surface area contributed by atoms with E-state index in [1.807, 2.05) is 78.9 Å². The summed E-state index contributed by atoms with van der Waals surface area (Å²) in [5.41, 5.74) is 8.89. The number of anilines is 1. The minimum absolute atomic E-state index is 0.429. The van der Waals surface area contributed by atoms with Crippen LogP contribution in [0.15, 0.2) is 115 Å². The van der Waals surface area contributed by atoms with E-state index in [0.717, 1.165) is 22.4 Å². The zero-order valence-corrected chi connectivity index (χ0v) is 20.4. The van der Waals surface area contributed by atoms with Crippen molar-refractivity contribution in [2.45, 2.75) is 5.60 Å². The van der Waals surface area contributed by atoms with Crippen LogP contribution < -0.4 is 10.5 Å². The van der Waals surface area contributed by atoms with E-state index >= 15 is 0 Å². The molecule has 2 N–H and O–H groups in total. The number of hydrogen-bond acceptors (Lipinski definition) is 5. The van der Waals surface area contributed by atoms with Crippen LogP contribution in [0.1, 0.15) is 16.7 Å². The van der Waals surface area contributed by atoms with Crippen LogP contribution in [-0.2, 0) is 19.8 Å². The molecule has 0 heterocycles. The van der Waals surface area contributed by atoms with Gasteiger partial charge in [-0.3, -0.25) is 0 Å². The molecule has 0 aromatic heterocycles. The molecule has 0 amide bonds. The first-order valence-corrected chi connectivity index (χ1v) is 12.2. The van der Waals surface area contributed by atoms with Crippen LogP contribution in [0.25, 0.3) is 0 Å². The lowest BCUT2D eigenvalue weighted by Gasteiger charge is -2.36. The molecular formula is C31H33NO4. The first-order chi connectivity index (χ1) is 17.8. The number of nitrogens with two attached hydrogens (primary N) is 1. The summed E-state index contributed by atoms with van der Waals surface area (Å²) in [5.74, 6) is 0.778. The molecular weight excluding hydrogens is 450 g/mol. The van der Waals surface area contributed by atoms with E-state index in [-0.39, 0.29) is 0 Å². The van der Waals surface area contributed by atoms with E-state index in [1.165, 1.54) is 0 Å². The Bertz CT molecular complexity index is 1040. The minimum atomic E-state index is -0.733. The second-order valence-corrected chi connectivity index (χ2v) is 8.27. The first kappa shape index (κ1) is 25.5. The standard InChI is InChI=1S/C31H33NO4/c32-29-16-18-30(19-17-29)35-24-22-33-20-21-34-23-25-36-31(26-10-4-1-5-11-26,27-12-6-2-7-13-27)28-14-8-3-9-15-28/h1-19H,20-25,32H2. The molecule has 0 fully saturated rings. The number of nitrogen functional groups attached to an aromatic ring is 1. The summed E-state index contributed by atoms with van der Waals surface area (Å²) in [6.07, 6.45) is 0. The number of benzene rings is 4. The molecule has 0 atom stereocenters. The second-order valence-electron chi connectivity index (χ2n) is 8.27. The van der Waals surface area contributed by atoms with Crippen LogP contribution in [-0.4, -0.2) is 39.6 Å². The van der Waals surface area contributed by atoms with Gasteiger partial charge in [0.05, 0.1) is 33.0 Å². The van der Waals surface area contributed by atoms with Crippen molar-refractivity contribution in [1.82, 2.24) is 0 Å². The summed E-state index contributed by atoms with van der Waals surface area (Å²) >= 11 is 0. The summed E-state index contributed by atoms with van der Waals surface area (Å²) in [4.78, 5) is 0. The topological polar surface area (TPSA) is 62.9 Å². The van der Waals surface area contributed by atoms with Crippen molar-refractivity contribution in [1.29, 1.82) is 0 Å². The van der Waals surface area contributed by atoms with Gasteiger partial charge >= 0.3 is 0 Å². The molecule has 4 aromatic carbocycles. The minimum Gasteiger partial charge on any atom is -0.491 e. The van der Waals surface area contributed by atoms with E-state index < -0.39 is 5.60 Å². The van der Waals surface area contributed by atoms with Gasteiger partial charge in [-0.25, -0.2) is 0 Å². The zero-order chi connectivity index (χ0) is 24.9. The molecule has 4 rings (SSSR count). The maximum atomic E-state index is 6.70. The van der Waals surface area contributed by atoms with Crippen molar-refractivity contribution in [3.05, 3.63) is 132 Å². The number of ether oxygens (including phenoxy) is 4. The predicted molar refractivity (Wildman–Crippen MR) is 143 cm³/mol. The third kappa shape index (κ3) is 6.73. The van der Waals surface area contributed by atoms with Gasteiger partial charge in [-0.15, -0.1) is 0 Å². The fraction of sp³-hybridized carbons (Fsp3) is 0.226. The Hall–Kier alpha value is -3.64. The van der Waals surface area contributed by atoms with Crippen molar-refractivity contribution in [3.8, 4) is 5.75 Å². The molecule has 4 aromatic rings. The molecule has 186 valence electrons. The van der Waals surface area contributed by atoms with E-state index in [1.54, 1.807) is 0 Å². The molecule has 0 aliphatic carbocycles. The SMILES string of the molecule is Nc1ccc(OCCOCCOCCOC(c2ccccc2)(c2ccccc2)c2ccccc2)cc1. The lowest BCUT2D eigenvalue weighted by atomic mass is 9.80. The van der Waals surface area contributed by atoms with Gasteiger partial charge in [-0.05, 0) is 41.0 Å². The van der Waals surface area contributed by atoms with Gasteiger partial charge in [0.25, 0.3) is 0 Å². The Kier molecular flexibility index (Phi) is 9.51. The molecule has 0 saturated carbocycles. The quantitative estimate of drug-likeness (QED) is 0.142. The van der Waals surface area contributed by atoms with E-state index in [9.17, 15) is 0 Å². The Labute approximate surface area is 213 Å². The summed E-state index contributed by atoms with van der Waals surface area (Å²) in [5, 5.41) is 0. The fourth-order valence-electron chi connectivity index (χ4n) is 4.13.